The average molecular weight is 369 g/mol. The van der Waals surface area contributed by atoms with Gasteiger partial charge in [-0.3, -0.25) is 4.79 Å². The monoisotopic (exact) mass is 369 g/mol. The molecule has 5 rings (SSSR count). The summed E-state index contributed by atoms with van der Waals surface area (Å²) in [5.74, 6) is 1.31. The number of aryl methyl sites for hydroxylation is 1. The van der Waals surface area contributed by atoms with Crippen molar-refractivity contribution in [2.45, 2.75) is 51.9 Å². The zero-order valence-electron chi connectivity index (χ0n) is 15.2. The van der Waals surface area contributed by atoms with Gasteiger partial charge in [0.1, 0.15) is 11.2 Å². The van der Waals surface area contributed by atoms with E-state index in [1.54, 1.807) is 22.2 Å². The van der Waals surface area contributed by atoms with E-state index in [9.17, 15) is 4.79 Å². The molecule has 1 aliphatic heterocycles. The maximum Gasteiger partial charge on any atom is 0.293 e. The highest BCUT2D eigenvalue weighted by atomic mass is 32.1. The number of carbonyl (C=O) groups is 1. The van der Waals surface area contributed by atoms with Crippen LogP contribution in [0.15, 0.2) is 6.33 Å². The first kappa shape index (κ1) is 16.2. The number of piperidine rings is 1. The molecule has 3 aromatic rings. The Hall–Kier alpha value is -2.02. The van der Waals surface area contributed by atoms with E-state index in [1.807, 2.05) is 4.90 Å². The van der Waals surface area contributed by atoms with E-state index in [4.69, 9.17) is 0 Å². The van der Waals surface area contributed by atoms with Crippen LogP contribution >= 0.6 is 11.3 Å². The van der Waals surface area contributed by atoms with E-state index >= 15 is 0 Å². The van der Waals surface area contributed by atoms with Gasteiger partial charge < -0.3 is 4.90 Å². The summed E-state index contributed by atoms with van der Waals surface area (Å²) in [6.45, 7) is 6.08. The highest BCUT2D eigenvalue weighted by molar-refractivity contribution is 7.19. The summed E-state index contributed by atoms with van der Waals surface area (Å²) in [6, 6.07) is 0. The summed E-state index contributed by atoms with van der Waals surface area (Å²) >= 11 is 1.78. The van der Waals surface area contributed by atoms with Crippen molar-refractivity contribution >= 4 is 33.1 Å². The maximum atomic E-state index is 12.9. The quantitative estimate of drug-likeness (QED) is 0.657. The summed E-state index contributed by atoms with van der Waals surface area (Å²) in [5.41, 5.74) is 2.17. The number of likely N-dealkylation sites (tertiary alicyclic amines) is 1. The molecule has 0 aromatic carbocycles. The molecule has 1 saturated heterocycles. The predicted molar refractivity (Wildman–Crippen MR) is 102 cm³/mol. The van der Waals surface area contributed by atoms with Gasteiger partial charge in [-0.15, -0.1) is 16.4 Å². The fourth-order valence-corrected chi connectivity index (χ4v) is 5.79. The molecule has 0 N–H and O–H groups in total. The van der Waals surface area contributed by atoms with E-state index < -0.39 is 0 Å². The maximum absolute atomic E-state index is 12.9. The van der Waals surface area contributed by atoms with Gasteiger partial charge in [-0.25, -0.2) is 14.5 Å². The lowest BCUT2D eigenvalue weighted by Crippen LogP contribution is -2.39. The minimum Gasteiger partial charge on any atom is -0.336 e. The molecule has 0 bridgehead atoms. The molecule has 3 aromatic heterocycles. The summed E-state index contributed by atoms with van der Waals surface area (Å²) in [6.07, 6.45) is 7.51. The van der Waals surface area contributed by atoms with Gasteiger partial charge in [0, 0.05) is 18.0 Å². The Labute approximate surface area is 156 Å². The second kappa shape index (κ2) is 6.01. The Morgan fingerprint density at radius 1 is 1.27 bits per heavy atom. The van der Waals surface area contributed by atoms with E-state index in [2.05, 4.69) is 28.9 Å². The van der Waals surface area contributed by atoms with Crippen LogP contribution in [0.1, 0.15) is 66.5 Å². The Bertz CT molecular complexity index is 1010. The number of nitrogens with zero attached hydrogens (tertiary/aromatic N) is 5. The number of thiophene rings is 1. The minimum atomic E-state index is -0.0504. The number of carbonyl (C=O) groups excluding carboxylic acids is 1. The van der Waals surface area contributed by atoms with Gasteiger partial charge in [0.25, 0.3) is 5.91 Å². The van der Waals surface area contributed by atoms with Crippen LogP contribution < -0.4 is 0 Å². The Morgan fingerprint density at radius 3 is 3.00 bits per heavy atom. The lowest BCUT2D eigenvalue weighted by atomic mass is 9.87. The Kier molecular flexibility index (Phi) is 3.74. The second-order valence-electron chi connectivity index (χ2n) is 7.86. The number of aromatic nitrogens is 4. The molecule has 1 aliphatic carbocycles. The van der Waals surface area contributed by atoms with E-state index in [0.29, 0.717) is 17.7 Å². The van der Waals surface area contributed by atoms with E-state index in [1.165, 1.54) is 29.7 Å². The molecule has 136 valence electrons. The zero-order chi connectivity index (χ0) is 17.8. The fourth-order valence-electron chi connectivity index (χ4n) is 4.49. The van der Waals surface area contributed by atoms with E-state index in [0.717, 1.165) is 41.8 Å². The average Bonchev–Trinajstić information content (AvgIpc) is 3.22. The van der Waals surface area contributed by atoms with Gasteiger partial charge >= 0.3 is 0 Å². The third-order valence-electron chi connectivity index (χ3n) is 5.81. The van der Waals surface area contributed by atoms with Crippen LogP contribution in [-0.2, 0) is 6.42 Å². The number of hydrogen-bond donors (Lipinski definition) is 0. The Balaban J connectivity index is 1.62. The summed E-state index contributed by atoms with van der Waals surface area (Å²) < 4.78 is 1.69. The van der Waals surface area contributed by atoms with E-state index in [-0.39, 0.29) is 5.91 Å². The summed E-state index contributed by atoms with van der Waals surface area (Å²) in [4.78, 5) is 26.6. The van der Waals surface area contributed by atoms with Crippen molar-refractivity contribution in [1.82, 2.24) is 24.5 Å². The molecule has 1 amide bonds. The highest BCUT2D eigenvalue weighted by Crippen LogP contribution is 2.42. The van der Waals surface area contributed by atoms with Crippen molar-refractivity contribution in [3.63, 3.8) is 0 Å². The molecule has 26 heavy (non-hydrogen) atoms. The topological polar surface area (TPSA) is 63.4 Å². The van der Waals surface area contributed by atoms with Gasteiger partial charge in [-0.1, -0.05) is 13.8 Å². The van der Waals surface area contributed by atoms with Gasteiger partial charge in [-0.2, -0.15) is 0 Å². The largest absolute Gasteiger partial charge is 0.336 e. The third-order valence-corrected chi connectivity index (χ3v) is 6.99. The molecule has 0 unspecified atom stereocenters. The first-order chi connectivity index (χ1) is 12.6. The van der Waals surface area contributed by atoms with Gasteiger partial charge in [0.15, 0.2) is 5.65 Å². The lowest BCUT2D eigenvalue weighted by Gasteiger charge is -2.29. The summed E-state index contributed by atoms with van der Waals surface area (Å²) in [5, 5.41) is 5.58. The fraction of sp³-hybridized carbons (Fsp3) is 0.579. The smallest absolute Gasteiger partial charge is 0.293 e. The van der Waals surface area contributed by atoms with Crippen molar-refractivity contribution in [1.29, 1.82) is 0 Å². The first-order valence-electron chi connectivity index (χ1n) is 9.57. The summed E-state index contributed by atoms with van der Waals surface area (Å²) in [7, 11) is 0. The number of rotatable bonds is 1. The number of amides is 1. The number of fused-ring (bicyclic) bond motifs is 5. The van der Waals surface area contributed by atoms with Crippen LogP contribution in [-0.4, -0.2) is 43.5 Å². The SMILES string of the molecule is C[C@@H]1CCCN(C(=O)c2nc3c4c5c(sc4ncn3n2)CCC[C@@H]5C)C1. The Morgan fingerprint density at radius 2 is 2.15 bits per heavy atom. The highest BCUT2D eigenvalue weighted by Gasteiger charge is 2.28. The standard InChI is InChI=1S/C19H23N5OS/c1-11-5-4-8-23(9-11)19(25)16-21-17-15-14-12(2)6-3-7-13(14)26-18(15)20-10-24(17)22-16/h10-12H,3-9H2,1-2H3/t11-,12+/m1/s1. The molecule has 0 spiro atoms. The molecule has 6 nitrogen and oxygen atoms in total. The van der Waals surface area contributed by atoms with Gasteiger partial charge in [-0.05, 0) is 49.5 Å². The molecule has 0 radical (unpaired) electrons. The van der Waals surface area contributed by atoms with Crippen molar-refractivity contribution in [3.05, 3.63) is 22.6 Å². The van der Waals surface area contributed by atoms with Crippen molar-refractivity contribution in [3.8, 4) is 0 Å². The zero-order valence-corrected chi connectivity index (χ0v) is 16.1. The molecular formula is C19H23N5OS. The second-order valence-corrected chi connectivity index (χ2v) is 8.94. The van der Waals surface area contributed by atoms with Crippen LogP contribution in [0.3, 0.4) is 0 Å². The third kappa shape index (κ3) is 2.44. The molecule has 7 heteroatoms. The first-order valence-corrected chi connectivity index (χ1v) is 10.4. The minimum absolute atomic E-state index is 0.0504. The predicted octanol–water partition coefficient (Wildman–Crippen LogP) is 3.65. The van der Waals surface area contributed by atoms with Crippen molar-refractivity contribution in [2.75, 3.05) is 13.1 Å². The van der Waals surface area contributed by atoms with Gasteiger partial charge in [0.05, 0.1) is 5.39 Å². The van der Waals surface area contributed by atoms with Crippen molar-refractivity contribution < 1.29 is 4.79 Å². The van der Waals surface area contributed by atoms with Crippen LogP contribution in [0.25, 0.3) is 15.9 Å². The lowest BCUT2D eigenvalue weighted by molar-refractivity contribution is 0.0671. The number of hydrogen-bond acceptors (Lipinski definition) is 5. The molecule has 0 saturated carbocycles. The van der Waals surface area contributed by atoms with Crippen LogP contribution in [0.2, 0.25) is 0 Å². The van der Waals surface area contributed by atoms with Crippen LogP contribution in [0, 0.1) is 5.92 Å². The molecule has 1 fully saturated rings. The van der Waals surface area contributed by atoms with Crippen LogP contribution in [0.4, 0.5) is 0 Å². The molecular weight excluding hydrogens is 346 g/mol. The normalized spacial score (nSPS) is 23.5. The molecule has 2 aliphatic rings. The molecule has 2 atom stereocenters. The van der Waals surface area contributed by atoms with Crippen molar-refractivity contribution in [2.24, 2.45) is 5.92 Å². The van der Waals surface area contributed by atoms with Crippen LogP contribution in [0.5, 0.6) is 0 Å². The molecule has 4 heterocycles. The van der Waals surface area contributed by atoms with Gasteiger partial charge in [0.2, 0.25) is 5.82 Å².